The maximum Gasteiger partial charge on any atom is 0.128 e. The lowest BCUT2D eigenvalue weighted by molar-refractivity contribution is 0.122. The van der Waals surface area contributed by atoms with E-state index in [1.165, 1.54) is 5.56 Å². The van der Waals surface area contributed by atoms with Crippen LogP contribution < -0.4 is 4.90 Å². The Bertz CT molecular complexity index is 332. The number of hydrogen-bond donors (Lipinski definition) is 0. The standard InChI is InChI=1S/C13H20N2O/c1-11(2)9-12-3-4-14-13(10-12)15-5-7-16-8-6-15/h3-4,10-11H,5-9H2,1-2H3. The third kappa shape index (κ3) is 2.95. The van der Waals surface area contributed by atoms with Gasteiger partial charge in [0.15, 0.2) is 0 Å². The van der Waals surface area contributed by atoms with Crippen LogP contribution in [-0.2, 0) is 11.2 Å². The molecule has 0 spiro atoms. The SMILES string of the molecule is CC(C)Cc1ccnc(N2CCOCC2)c1. The zero-order chi connectivity index (χ0) is 11.4. The summed E-state index contributed by atoms with van der Waals surface area (Å²) in [4.78, 5) is 6.74. The van der Waals surface area contributed by atoms with Crippen LogP contribution in [0, 0.1) is 5.92 Å². The number of rotatable bonds is 3. The van der Waals surface area contributed by atoms with E-state index in [1.807, 2.05) is 6.20 Å². The van der Waals surface area contributed by atoms with E-state index in [9.17, 15) is 0 Å². The number of hydrogen-bond acceptors (Lipinski definition) is 3. The largest absolute Gasteiger partial charge is 0.378 e. The van der Waals surface area contributed by atoms with Gasteiger partial charge in [-0.05, 0) is 30.0 Å². The first-order chi connectivity index (χ1) is 7.75. The van der Waals surface area contributed by atoms with Crippen molar-refractivity contribution in [1.82, 2.24) is 4.98 Å². The molecule has 0 atom stereocenters. The van der Waals surface area contributed by atoms with E-state index in [1.54, 1.807) is 0 Å². The number of anilines is 1. The van der Waals surface area contributed by atoms with Gasteiger partial charge in [0.2, 0.25) is 0 Å². The Morgan fingerprint density at radius 3 is 2.81 bits per heavy atom. The van der Waals surface area contributed by atoms with Crippen molar-refractivity contribution in [3.63, 3.8) is 0 Å². The molecule has 0 N–H and O–H groups in total. The van der Waals surface area contributed by atoms with Crippen LogP contribution in [0.15, 0.2) is 18.3 Å². The molecule has 1 saturated heterocycles. The molecular weight excluding hydrogens is 200 g/mol. The summed E-state index contributed by atoms with van der Waals surface area (Å²) in [6.07, 6.45) is 3.04. The molecule has 1 aromatic rings. The van der Waals surface area contributed by atoms with Crippen LogP contribution in [0.25, 0.3) is 0 Å². The lowest BCUT2D eigenvalue weighted by Gasteiger charge is -2.28. The average Bonchev–Trinajstić information content (AvgIpc) is 2.30. The third-order valence-corrected chi connectivity index (χ3v) is 2.79. The van der Waals surface area contributed by atoms with Crippen molar-refractivity contribution in [3.05, 3.63) is 23.9 Å². The molecule has 88 valence electrons. The molecule has 0 saturated carbocycles. The molecule has 1 aliphatic rings. The lowest BCUT2D eigenvalue weighted by Crippen LogP contribution is -2.36. The van der Waals surface area contributed by atoms with Crippen molar-refractivity contribution < 1.29 is 4.74 Å². The molecule has 0 aliphatic carbocycles. The average molecular weight is 220 g/mol. The Morgan fingerprint density at radius 1 is 1.38 bits per heavy atom. The summed E-state index contributed by atoms with van der Waals surface area (Å²) in [6.45, 7) is 8.03. The number of aromatic nitrogens is 1. The van der Waals surface area contributed by atoms with Crippen LogP contribution in [0.2, 0.25) is 0 Å². The highest BCUT2D eigenvalue weighted by Gasteiger charge is 2.12. The minimum atomic E-state index is 0.694. The predicted molar refractivity (Wildman–Crippen MR) is 65.8 cm³/mol. The molecule has 1 fully saturated rings. The van der Waals surface area contributed by atoms with Gasteiger partial charge in [0.25, 0.3) is 0 Å². The van der Waals surface area contributed by atoms with Crippen molar-refractivity contribution in [2.75, 3.05) is 31.2 Å². The fourth-order valence-corrected chi connectivity index (χ4v) is 2.02. The topological polar surface area (TPSA) is 25.4 Å². The number of ether oxygens (including phenoxy) is 1. The Morgan fingerprint density at radius 2 is 2.12 bits per heavy atom. The highest BCUT2D eigenvalue weighted by molar-refractivity contribution is 5.41. The highest BCUT2D eigenvalue weighted by atomic mass is 16.5. The van der Waals surface area contributed by atoms with E-state index >= 15 is 0 Å². The van der Waals surface area contributed by atoms with Crippen LogP contribution in [0.1, 0.15) is 19.4 Å². The second-order valence-electron chi connectivity index (χ2n) is 4.72. The normalized spacial score (nSPS) is 16.8. The highest BCUT2D eigenvalue weighted by Crippen LogP contribution is 2.16. The predicted octanol–water partition coefficient (Wildman–Crippen LogP) is 2.12. The van der Waals surface area contributed by atoms with Crippen molar-refractivity contribution in [3.8, 4) is 0 Å². The van der Waals surface area contributed by atoms with Crippen molar-refractivity contribution in [2.24, 2.45) is 5.92 Å². The van der Waals surface area contributed by atoms with Gasteiger partial charge < -0.3 is 9.64 Å². The summed E-state index contributed by atoms with van der Waals surface area (Å²) in [5.41, 5.74) is 1.38. The van der Waals surface area contributed by atoms with E-state index in [-0.39, 0.29) is 0 Å². The summed E-state index contributed by atoms with van der Waals surface area (Å²) in [5, 5.41) is 0. The first kappa shape index (κ1) is 11.4. The van der Waals surface area contributed by atoms with Crippen LogP contribution in [0.5, 0.6) is 0 Å². The molecule has 0 bridgehead atoms. The van der Waals surface area contributed by atoms with Gasteiger partial charge in [0, 0.05) is 19.3 Å². The van der Waals surface area contributed by atoms with E-state index < -0.39 is 0 Å². The molecule has 16 heavy (non-hydrogen) atoms. The number of morpholine rings is 1. The second-order valence-corrected chi connectivity index (χ2v) is 4.72. The van der Waals surface area contributed by atoms with Crippen LogP contribution in [0.3, 0.4) is 0 Å². The second kappa shape index (κ2) is 5.30. The fraction of sp³-hybridized carbons (Fsp3) is 0.615. The maximum absolute atomic E-state index is 5.35. The van der Waals surface area contributed by atoms with E-state index in [4.69, 9.17) is 4.74 Å². The molecule has 3 heteroatoms. The minimum absolute atomic E-state index is 0.694. The van der Waals surface area contributed by atoms with E-state index in [2.05, 4.69) is 35.9 Å². The van der Waals surface area contributed by atoms with Crippen LogP contribution in [0.4, 0.5) is 5.82 Å². The molecule has 2 heterocycles. The van der Waals surface area contributed by atoms with E-state index in [0.29, 0.717) is 5.92 Å². The van der Waals surface area contributed by atoms with Crippen molar-refractivity contribution in [1.29, 1.82) is 0 Å². The molecule has 1 aromatic heterocycles. The molecule has 1 aliphatic heterocycles. The maximum atomic E-state index is 5.35. The summed E-state index contributed by atoms with van der Waals surface area (Å²) in [5.74, 6) is 1.79. The van der Waals surface area contributed by atoms with E-state index in [0.717, 1.165) is 38.5 Å². The Kier molecular flexibility index (Phi) is 3.78. The van der Waals surface area contributed by atoms with Gasteiger partial charge in [-0.25, -0.2) is 4.98 Å². The Balaban J connectivity index is 2.08. The van der Waals surface area contributed by atoms with Gasteiger partial charge in [0.1, 0.15) is 5.82 Å². The zero-order valence-corrected chi connectivity index (χ0v) is 10.1. The van der Waals surface area contributed by atoms with Gasteiger partial charge in [-0.1, -0.05) is 13.8 Å². The summed E-state index contributed by atoms with van der Waals surface area (Å²) in [7, 11) is 0. The summed E-state index contributed by atoms with van der Waals surface area (Å²) < 4.78 is 5.35. The molecule has 0 amide bonds. The molecule has 0 unspecified atom stereocenters. The smallest absolute Gasteiger partial charge is 0.128 e. The van der Waals surface area contributed by atoms with Crippen LogP contribution >= 0.6 is 0 Å². The summed E-state index contributed by atoms with van der Waals surface area (Å²) in [6, 6.07) is 4.33. The molecular formula is C13H20N2O. The lowest BCUT2D eigenvalue weighted by atomic mass is 10.0. The number of pyridine rings is 1. The monoisotopic (exact) mass is 220 g/mol. The molecule has 0 aromatic carbocycles. The molecule has 3 nitrogen and oxygen atoms in total. The number of nitrogens with zero attached hydrogens (tertiary/aromatic N) is 2. The van der Waals surface area contributed by atoms with Crippen molar-refractivity contribution >= 4 is 5.82 Å². The van der Waals surface area contributed by atoms with Gasteiger partial charge in [-0.3, -0.25) is 0 Å². The summed E-state index contributed by atoms with van der Waals surface area (Å²) >= 11 is 0. The van der Waals surface area contributed by atoms with Gasteiger partial charge in [-0.2, -0.15) is 0 Å². The molecule has 0 radical (unpaired) electrons. The van der Waals surface area contributed by atoms with Gasteiger partial charge in [0.05, 0.1) is 13.2 Å². The first-order valence-corrected chi connectivity index (χ1v) is 6.03. The molecule has 2 rings (SSSR count). The first-order valence-electron chi connectivity index (χ1n) is 6.03. The zero-order valence-electron chi connectivity index (χ0n) is 10.1. The fourth-order valence-electron chi connectivity index (χ4n) is 2.02. The third-order valence-electron chi connectivity index (χ3n) is 2.79. The van der Waals surface area contributed by atoms with Gasteiger partial charge >= 0.3 is 0 Å². The van der Waals surface area contributed by atoms with Crippen molar-refractivity contribution in [2.45, 2.75) is 20.3 Å². The van der Waals surface area contributed by atoms with Crippen LogP contribution in [-0.4, -0.2) is 31.3 Å². The Labute approximate surface area is 97.4 Å². The van der Waals surface area contributed by atoms with Gasteiger partial charge in [-0.15, -0.1) is 0 Å². The Hall–Kier alpha value is -1.09. The minimum Gasteiger partial charge on any atom is -0.378 e. The quantitative estimate of drug-likeness (QED) is 0.780.